The third kappa shape index (κ3) is 53.3. The first-order valence-electron chi connectivity index (χ1n) is 27.4. The van der Waals surface area contributed by atoms with Gasteiger partial charge < -0.3 is 18.9 Å². The van der Waals surface area contributed by atoms with Crippen molar-refractivity contribution in [3.8, 4) is 0 Å². The molecule has 65 heavy (non-hydrogen) atoms. The number of ether oxygens (including phenoxy) is 2. The number of unbranched alkanes of at least 4 members (excludes halogenated alkanes) is 29. The number of nitrogens with zero attached hydrogens (tertiary/aromatic N) is 1. The van der Waals surface area contributed by atoms with Crippen LogP contribution in [-0.4, -0.2) is 75.6 Å². The molecule has 0 fully saturated rings. The summed E-state index contributed by atoms with van der Waals surface area (Å²) in [5, 5.41) is 0. The van der Waals surface area contributed by atoms with E-state index in [1.54, 1.807) is 0 Å². The van der Waals surface area contributed by atoms with Crippen molar-refractivity contribution in [3.05, 3.63) is 48.6 Å². The Balaban J connectivity index is 4.10. The molecule has 0 spiro atoms. The van der Waals surface area contributed by atoms with Gasteiger partial charge in [-0.25, -0.2) is 4.57 Å². The van der Waals surface area contributed by atoms with Crippen molar-refractivity contribution >= 4 is 13.8 Å². The second kappa shape index (κ2) is 48.9. The molecule has 0 saturated heterocycles. The van der Waals surface area contributed by atoms with Gasteiger partial charge in [-0.1, -0.05) is 210 Å². The summed E-state index contributed by atoms with van der Waals surface area (Å²) in [6.45, 7) is 5.61. The second-order valence-corrected chi connectivity index (χ2v) is 21.1. The van der Waals surface area contributed by atoms with Gasteiger partial charge in [0.05, 0.1) is 34.4 Å². The number of carbonyl (C=O) groups is 1. The highest BCUT2D eigenvalue weighted by Crippen LogP contribution is 2.43. The summed E-state index contributed by atoms with van der Waals surface area (Å²) < 4.78 is 35.2. The minimum atomic E-state index is -4.28. The molecule has 0 bridgehead atoms. The maximum absolute atomic E-state index is 12.8. The Kier molecular flexibility index (Phi) is 47.7. The van der Waals surface area contributed by atoms with Crippen LogP contribution in [0.5, 0.6) is 0 Å². The van der Waals surface area contributed by atoms with Crippen LogP contribution in [0.1, 0.15) is 245 Å². The summed E-state index contributed by atoms with van der Waals surface area (Å²) >= 11 is 0. The normalized spacial score (nSPS) is 13.9. The van der Waals surface area contributed by atoms with E-state index in [4.69, 9.17) is 18.5 Å². The monoisotopic (exact) mass is 937 g/mol. The fraction of sp³-hybridized carbons (Fsp3) is 0.839. The van der Waals surface area contributed by atoms with E-state index in [0.29, 0.717) is 24.1 Å². The number of likely N-dealkylation sites (N-methyl/N-ethyl adjacent to an activating group) is 1. The highest BCUT2D eigenvalue weighted by atomic mass is 31.2. The van der Waals surface area contributed by atoms with Crippen LogP contribution in [0, 0.1) is 0 Å². The van der Waals surface area contributed by atoms with E-state index in [0.717, 1.165) is 44.9 Å². The van der Waals surface area contributed by atoms with Crippen LogP contribution < -0.4 is 0 Å². The van der Waals surface area contributed by atoms with Crippen molar-refractivity contribution in [2.24, 2.45) is 0 Å². The Morgan fingerprint density at radius 3 is 1.28 bits per heavy atom. The molecule has 0 aliphatic carbocycles. The van der Waals surface area contributed by atoms with Gasteiger partial charge in [-0.3, -0.25) is 13.8 Å². The molecule has 0 saturated carbocycles. The van der Waals surface area contributed by atoms with Crippen molar-refractivity contribution in [3.63, 3.8) is 0 Å². The molecule has 382 valence electrons. The third-order valence-electron chi connectivity index (χ3n) is 11.9. The van der Waals surface area contributed by atoms with Gasteiger partial charge in [0, 0.05) is 13.0 Å². The van der Waals surface area contributed by atoms with Gasteiger partial charge in [0.15, 0.2) is 0 Å². The Bertz CT molecular complexity index is 1180. The maximum atomic E-state index is 12.8. The Morgan fingerprint density at radius 2 is 0.846 bits per heavy atom. The molecule has 0 aliphatic rings. The van der Waals surface area contributed by atoms with Gasteiger partial charge in [-0.2, -0.15) is 0 Å². The minimum Gasteiger partial charge on any atom is -0.457 e. The van der Waals surface area contributed by atoms with Crippen molar-refractivity contribution in [1.29, 1.82) is 0 Å². The Labute approximate surface area is 403 Å². The van der Waals surface area contributed by atoms with Crippen LogP contribution in [-0.2, 0) is 27.9 Å². The van der Waals surface area contributed by atoms with E-state index < -0.39 is 13.9 Å². The minimum absolute atomic E-state index is 0.0870. The van der Waals surface area contributed by atoms with E-state index in [1.807, 2.05) is 21.1 Å². The van der Waals surface area contributed by atoms with E-state index in [2.05, 4.69) is 62.5 Å². The van der Waals surface area contributed by atoms with Crippen molar-refractivity contribution in [2.75, 3.05) is 54.1 Å². The van der Waals surface area contributed by atoms with Gasteiger partial charge in [-0.05, 0) is 77.0 Å². The molecule has 0 heterocycles. The first-order valence-corrected chi connectivity index (χ1v) is 28.9. The maximum Gasteiger partial charge on any atom is 0.472 e. The number of carbonyl (C=O) groups excluding carboxylic acids is 1. The van der Waals surface area contributed by atoms with E-state index >= 15 is 0 Å². The lowest BCUT2D eigenvalue weighted by atomic mass is 10.0. The van der Waals surface area contributed by atoms with Crippen LogP contribution in [0.15, 0.2) is 48.6 Å². The summed E-state index contributed by atoms with van der Waals surface area (Å²) in [5.74, 6) is -0.316. The van der Waals surface area contributed by atoms with E-state index in [1.165, 1.54) is 180 Å². The summed E-state index contributed by atoms with van der Waals surface area (Å²) in [6, 6.07) is 0. The number of hydrogen-bond acceptors (Lipinski definition) is 6. The van der Waals surface area contributed by atoms with Crippen molar-refractivity contribution < 1.29 is 37.3 Å². The predicted octanol–water partition coefficient (Wildman–Crippen LogP) is 17.1. The molecule has 1 N–H and O–H groups in total. The fourth-order valence-corrected chi connectivity index (χ4v) is 8.36. The van der Waals surface area contributed by atoms with E-state index in [-0.39, 0.29) is 25.8 Å². The molecule has 0 amide bonds. The molecule has 2 atom stereocenters. The summed E-state index contributed by atoms with van der Waals surface area (Å²) in [5.41, 5.74) is 0. The average Bonchev–Trinajstić information content (AvgIpc) is 3.27. The second-order valence-electron chi connectivity index (χ2n) is 19.6. The smallest absolute Gasteiger partial charge is 0.457 e. The molecule has 0 radical (unpaired) electrons. The lowest BCUT2D eigenvalue weighted by Gasteiger charge is -2.24. The zero-order chi connectivity index (χ0) is 47.6. The Hall–Kier alpha value is -1.54. The number of quaternary nitrogens is 1. The van der Waals surface area contributed by atoms with Crippen LogP contribution in [0.4, 0.5) is 0 Å². The van der Waals surface area contributed by atoms with Gasteiger partial charge >= 0.3 is 13.8 Å². The standard InChI is InChI=1S/C56H106NO7P/c1-6-8-10-12-14-16-18-20-22-24-26-27-28-29-30-32-34-36-38-40-42-44-46-48-51-61-53-55(54-63-65(59,60)62-52-50-57(3,4)5)64-56(58)49-47-45-43-41-39-37-35-33-31-25-23-21-19-17-15-13-11-9-7-2/h15,17-18,20-21,23-24,26,55H,6-14,16,19,22,25,27-54H2,1-5H3/p+1/b17-15-,20-18-,23-21-,26-24-. The zero-order valence-electron chi connectivity index (χ0n) is 43.5. The lowest BCUT2D eigenvalue weighted by molar-refractivity contribution is -0.870. The number of phosphoric acid groups is 1. The summed E-state index contributed by atoms with van der Waals surface area (Å²) in [6.07, 6.45) is 61.6. The van der Waals surface area contributed by atoms with Gasteiger partial charge in [0.1, 0.15) is 19.3 Å². The molecule has 8 nitrogen and oxygen atoms in total. The van der Waals surface area contributed by atoms with Crippen LogP contribution >= 0.6 is 7.82 Å². The quantitative estimate of drug-likeness (QED) is 0.0214. The van der Waals surface area contributed by atoms with Crippen LogP contribution in [0.25, 0.3) is 0 Å². The largest absolute Gasteiger partial charge is 0.472 e. The molecular formula is C56H107NO7P+. The van der Waals surface area contributed by atoms with Crippen molar-refractivity contribution in [2.45, 2.75) is 251 Å². The highest BCUT2D eigenvalue weighted by molar-refractivity contribution is 7.47. The topological polar surface area (TPSA) is 91.3 Å². The van der Waals surface area contributed by atoms with Crippen LogP contribution in [0.2, 0.25) is 0 Å². The molecule has 0 aliphatic heterocycles. The van der Waals surface area contributed by atoms with E-state index in [9.17, 15) is 14.3 Å². The third-order valence-corrected chi connectivity index (χ3v) is 12.8. The molecular weight excluding hydrogens is 830 g/mol. The predicted molar refractivity (Wildman–Crippen MR) is 279 cm³/mol. The fourth-order valence-electron chi connectivity index (χ4n) is 7.61. The number of esters is 1. The number of rotatable bonds is 51. The summed E-state index contributed by atoms with van der Waals surface area (Å²) in [4.78, 5) is 23.0. The molecule has 9 heteroatoms. The van der Waals surface area contributed by atoms with Crippen molar-refractivity contribution in [1.82, 2.24) is 0 Å². The van der Waals surface area contributed by atoms with Crippen LogP contribution in [0.3, 0.4) is 0 Å². The number of phosphoric ester groups is 1. The zero-order valence-corrected chi connectivity index (χ0v) is 44.4. The van der Waals surface area contributed by atoms with Gasteiger partial charge in [0.25, 0.3) is 0 Å². The average molecular weight is 937 g/mol. The summed E-state index contributed by atoms with van der Waals surface area (Å²) in [7, 11) is 1.67. The molecule has 0 aromatic carbocycles. The SMILES string of the molecule is CCCCC/C=C\C/C=C\CCCCCCCCCCCC(=O)OC(COCCCCCCCCCCCCCC/C=C\C/C=C\CCCCCCC)COP(=O)(O)OCC[N+](C)(C)C. The molecule has 0 aromatic rings. The first-order chi connectivity index (χ1) is 31.6. The lowest BCUT2D eigenvalue weighted by Crippen LogP contribution is -2.37. The number of allylic oxidation sites excluding steroid dienone is 8. The van der Waals surface area contributed by atoms with Gasteiger partial charge in [0.2, 0.25) is 0 Å². The first kappa shape index (κ1) is 63.5. The molecule has 0 aromatic heterocycles. The Morgan fingerprint density at radius 1 is 0.477 bits per heavy atom. The molecule has 0 rings (SSSR count). The highest BCUT2D eigenvalue weighted by Gasteiger charge is 2.26. The van der Waals surface area contributed by atoms with Gasteiger partial charge in [-0.15, -0.1) is 0 Å². The number of hydrogen-bond donors (Lipinski definition) is 1. The molecule has 2 unspecified atom stereocenters.